The number of hydrogen-bond acceptors (Lipinski definition) is 4. The van der Waals surface area contributed by atoms with E-state index >= 15 is 0 Å². The van der Waals surface area contributed by atoms with E-state index in [0.717, 1.165) is 37.0 Å². The second kappa shape index (κ2) is 5.88. The smallest absolute Gasteiger partial charge is 0.250 e. The number of anilines is 1. The number of amides is 1. The number of rotatable bonds is 4. The van der Waals surface area contributed by atoms with E-state index in [1.165, 1.54) is 16.6 Å². The highest BCUT2D eigenvalue weighted by molar-refractivity contribution is 7.90. The molecule has 0 aliphatic carbocycles. The molecule has 3 rings (SSSR count). The summed E-state index contributed by atoms with van der Waals surface area (Å²) in [6, 6.07) is 5.27. The van der Waals surface area contributed by atoms with Crippen LogP contribution in [0.4, 0.5) is 5.69 Å². The minimum atomic E-state index is -3.49. The number of carbonyl (C=O) groups excluding carboxylic acids is 1. The number of hydrogen-bond donors (Lipinski definition) is 1. The molecule has 0 bridgehead atoms. The Morgan fingerprint density at radius 1 is 1.17 bits per heavy atom. The van der Waals surface area contributed by atoms with Gasteiger partial charge in [-0.05, 0) is 44.4 Å². The van der Waals surface area contributed by atoms with Crippen LogP contribution in [0.1, 0.15) is 36.5 Å². The molecule has 124 valence electrons. The highest BCUT2D eigenvalue weighted by Gasteiger charge is 2.22. The third-order valence-electron chi connectivity index (χ3n) is 4.42. The summed E-state index contributed by atoms with van der Waals surface area (Å²) in [5.41, 5.74) is 7.06. The molecule has 1 aromatic carbocycles. The standard InChI is InChI=1S/C16H21N3O3S/c1-2-23(21,22)19-11-8-12-14(18-9-4-3-5-10-18)7-6-13(15(12)19)16(17)20/h6-8,11H,2-5,9-10H2,1H3,(H2,17,20). The summed E-state index contributed by atoms with van der Waals surface area (Å²) in [4.78, 5) is 14.0. The van der Waals surface area contributed by atoms with E-state index in [9.17, 15) is 13.2 Å². The number of benzene rings is 1. The van der Waals surface area contributed by atoms with Crippen molar-refractivity contribution in [2.45, 2.75) is 26.2 Å². The molecule has 1 aromatic heterocycles. The van der Waals surface area contributed by atoms with Crippen molar-refractivity contribution >= 4 is 32.5 Å². The molecule has 1 fully saturated rings. The highest BCUT2D eigenvalue weighted by atomic mass is 32.2. The first kappa shape index (κ1) is 15.9. The van der Waals surface area contributed by atoms with Crippen LogP contribution in [0.2, 0.25) is 0 Å². The first-order valence-electron chi connectivity index (χ1n) is 7.88. The van der Waals surface area contributed by atoms with Crippen molar-refractivity contribution in [2.24, 2.45) is 5.73 Å². The van der Waals surface area contributed by atoms with Crippen molar-refractivity contribution < 1.29 is 13.2 Å². The van der Waals surface area contributed by atoms with Gasteiger partial charge in [-0.15, -0.1) is 0 Å². The van der Waals surface area contributed by atoms with E-state index in [2.05, 4.69) is 4.90 Å². The van der Waals surface area contributed by atoms with Crippen LogP contribution in [0.3, 0.4) is 0 Å². The van der Waals surface area contributed by atoms with Gasteiger partial charge in [-0.3, -0.25) is 4.79 Å². The molecule has 1 saturated heterocycles. The summed E-state index contributed by atoms with van der Waals surface area (Å²) in [6.45, 7) is 3.47. The van der Waals surface area contributed by atoms with Crippen molar-refractivity contribution in [1.82, 2.24) is 3.97 Å². The lowest BCUT2D eigenvalue weighted by Gasteiger charge is -2.29. The second-order valence-electron chi connectivity index (χ2n) is 5.82. The first-order valence-corrected chi connectivity index (χ1v) is 9.48. The van der Waals surface area contributed by atoms with Gasteiger partial charge in [-0.25, -0.2) is 12.4 Å². The van der Waals surface area contributed by atoms with Gasteiger partial charge in [0.1, 0.15) is 0 Å². The first-order chi connectivity index (χ1) is 11.0. The number of fused-ring (bicyclic) bond motifs is 1. The predicted molar refractivity (Wildman–Crippen MR) is 91.4 cm³/mol. The summed E-state index contributed by atoms with van der Waals surface area (Å²) >= 11 is 0. The predicted octanol–water partition coefficient (Wildman–Crippen LogP) is 1.93. The van der Waals surface area contributed by atoms with Crippen molar-refractivity contribution in [2.75, 3.05) is 23.7 Å². The third-order valence-corrected chi connectivity index (χ3v) is 6.05. The van der Waals surface area contributed by atoms with E-state index in [0.29, 0.717) is 5.52 Å². The maximum Gasteiger partial charge on any atom is 0.250 e. The fraction of sp³-hybridized carbons (Fsp3) is 0.438. The molecule has 0 unspecified atom stereocenters. The number of aromatic nitrogens is 1. The summed E-state index contributed by atoms with van der Waals surface area (Å²) < 4.78 is 25.9. The zero-order valence-electron chi connectivity index (χ0n) is 13.2. The lowest BCUT2D eigenvalue weighted by molar-refractivity contribution is 0.100. The van der Waals surface area contributed by atoms with Crippen molar-refractivity contribution in [3.05, 3.63) is 30.0 Å². The van der Waals surface area contributed by atoms with Crippen LogP contribution in [-0.4, -0.2) is 37.1 Å². The lowest BCUT2D eigenvalue weighted by atomic mass is 10.1. The van der Waals surface area contributed by atoms with Crippen LogP contribution >= 0.6 is 0 Å². The summed E-state index contributed by atoms with van der Waals surface area (Å²) in [5.74, 6) is -0.658. The molecule has 7 heteroatoms. The van der Waals surface area contributed by atoms with Gasteiger partial charge in [0.25, 0.3) is 5.91 Å². The maximum absolute atomic E-state index is 12.3. The van der Waals surface area contributed by atoms with Crippen LogP contribution in [0.15, 0.2) is 24.4 Å². The Labute approximate surface area is 135 Å². The van der Waals surface area contributed by atoms with Crippen LogP contribution in [0.5, 0.6) is 0 Å². The van der Waals surface area contributed by atoms with Crippen molar-refractivity contribution in [3.8, 4) is 0 Å². The van der Waals surface area contributed by atoms with Crippen molar-refractivity contribution in [3.63, 3.8) is 0 Å². The SMILES string of the molecule is CCS(=O)(=O)n1ccc2c(N3CCCCC3)ccc(C(N)=O)c21. The van der Waals surface area contributed by atoms with E-state index < -0.39 is 15.9 Å². The molecule has 0 saturated carbocycles. The molecule has 0 atom stereocenters. The Bertz CT molecular complexity index is 849. The topological polar surface area (TPSA) is 85.4 Å². The fourth-order valence-electron chi connectivity index (χ4n) is 3.20. The van der Waals surface area contributed by atoms with Gasteiger partial charge in [-0.2, -0.15) is 0 Å². The van der Waals surface area contributed by atoms with E-state index in [4.69, 9.17) is 5.73 Å². The molecule has 1 aliphatic heterocycles. The van der Waals surface area contributed by atoms with Gasteiger partial charge in [0.2, 0.25) is 10.0 Å². The summed E-state index contributed by atoms with van der Waals surface area (Å²) in [6.07, 6.45) is 4.97. The molecule has 23 heavy (non-hydrogen) atoms. The minimum absolute atomic E-state index is 0.0388. The van der Waals surface area contributed by atoms with Gasteiger partial charge < -0.3 is 10.6 Å². The fourth-order valence-corrected chi connectivity index (χ4v) is 4.20. The number of nitrogens with two attached hydrogens (primary N) is 1. The molecule has 2 N–H and O–H groups in total. The quantitative estimate of drug-likeness (QED) is 0.925. The molecule has 1 amide bonds. The second-order valence-corrected chi connectivity index (χ2v) is 7.95. The number of nitrogens with zero attached hydrogens (tertiary/aromatic N) is 2. The normalized spacial score (nSPS) is 16.0. The Morgan fingerprint density at radius 2 is 1.87 bits per heavy atom. The Morgan fingerprint density at radius 3 is 2.48 bits per heavy atom. The zero-order chi connectivity index (χ0) is 16.6. The van der Waals surface area contributed by atoms with Crippen molar-refractivity contribution in [1.29, 1.82) is 0 Å². The number of primary amides is 1. The van der Waals surface area contributed by atoms with E-state index in [1.807, 2.05) is 6.07 Å². The molecular weight excluding hydrogens is 314 g/mol. The molecular formula is C16H21N3O3S. The molecule has 0 spiro atoms. The van der Waals surface area contributed by atoms with Gasteiger partial charge in [0.15, 0.2) is 0 Å². The molecule has 2 heterocycles. The van der Waals surface area contributed by atoms with Gasteiger partial charge >= 0.3 is 0 Å². The van der Waals surface area contributed by atoms with Gasteiger partial charge in [0, 0.05) is 30.4 Å². The van der Waals surface area contributed by atoms with E-state index in [-0.39, 0.29) is 11.3 Å². The highest BCUT2D eigenvalue weighted by Crippen LogP contribution is 2.33. The minimum Gasteiger partial charge on any atom is -0.371 e. The maximum atomic E-state index is 12.3. The number of piperidine rings is 1. The zero-order valence-corrected chi connectivity index (χ0v) is 14.0. The Hall–Kier alpha value is -2.02. The van der Waals surface area contributed by atoms with Gasteiger partial charge in [0.05, 0.1) is 16.8 Å². The van der Waals surface area contributed by atoms with Crippen LogP contribution in [0, 0.1) is 0 Å². The Balaban J connectivity index is 2.27. The molecule has 6 nitrogen and oxygen atoms in total. The monoisotopic (exact) mass is 335 g/mol. The summed E-state index contributed by atoms with van der Waals surface area (Å²) in [7, 11) is -3.49. The summed E-state index contributed by atoms with van der Waals surface area (Å²) in [5, 5.41) is 0.764. The lowest BCUT2D eigenvalue weighted by Crippen LogP contribution is -2.29. The van der Waals surface area contributed by atoms with E-state index in [1.54, 1.807) is 19.1 Å². The molecule has 2 aromatic rings. The number of carbonyl (C=O) groups is 1. The molecule has 1 aliphatic rings. The van der Waals surface area contributed by atoms with Crippen LogP contribution < -0.4 is 10.6 Å². The Kier molecular flexibility index (Phi) is 4.06. The van der Waals surface area contributed by atoms with Crippen LogP contribution in [-0.2, 0) is 10.0 Å². The molecule has 0 radical (unpaired) electrons. The average Bonchev–Trinajstić information content (AvgIpc) is 3.00. The van der Waals surface area contributed by atoms with Crippen LogP contribution in [0.25, 0.3) is 10.9 Å². The van der Waals surface area contributed by atoms with Gasteiger partial charge in [-0.1, -0.05) is 0 Å². The average molecular weight is 335 g/mol. The largest absolute Gasteiger partial charge is 0.371 e. The third kappa shape index (κ3) is 2.69.